The molecule has 31 heavy (non-hydrogen) atoms. The van der Waals surface area contributed by atoms with Crippen molar-refractivity contribution in [2.75, 3.05) is 26.2 Å². The number of nitrogens with zero attached hydrogens (tertiary/aromatic N) is 3. The number of fused-ring (bicyclic) bond motifs is 1. The Bertz CT molecular complexity index is 801. The fraction of sp³-hybridized carbons (Fsp3) is 0.500. The van der Waals surface area contributed by atoms with Crippen LogP contribution in [-0.4, -0.2) is 41.8 Å². The minimum absolute atomic E-state index is 0. The van der Waals surface area contributed by atoms with Crippen LogP contribution in [0.5, 0.6) is 0 Å². The number of piperidine rings is 1. The zero-order valence-corrected chi connectivity index (χ0v) is 24.4. The van der Waals surface area contributed by atoms with Gasteiger partial charge < -0.3 is 5.32 Å². The maximum Gasteiger partial charge on any atom is 0.162 e. The molecule has 1 aromatic heterocycles. The summed E-state index contributed by atoms with van der Waals surface area (Å²) >= 11 is 0. The smallest absolute Gasteiger partial charge is 0.162 e. The number of carbonyl (C=O) groups is 1. The third-order valence-electron chi connectivity index (χ3n) is 6.21. The summed E-state index contributed by atoms with van der Waals surface area (Å²) < 4.78 is 0. The molecule has 0 unspecified atom stereocenters. The SMILES string of the molecule is Cl.Cl.O=C(CCC1CC[N-]CC1)c1ccc2c(c1)CCN(Cc1ccccn1)CC2.[Ac]. The van der Waals surface area contributed by atoms with Gasteiger partial charge in [0, 0.05) is 81.9 Å². The van der Waals surface area contributed by atoms with Crippen molar-refractivity contribution in [1.82, 2.24) is 9.88 Å². The first-order valence-electron chi connectivity index (χ1n) is 10.7. The summed E-state index contributed by atoms with van der Waals surface area (Å²) in [7, 11) is 0. The Kier molecular flexibility index (Phi) is 14.0. The second-order valence-electron chi connectivity index (χ2n) is 8.16. The van der Waals surface area contributed by atoms with Crippen molar-refractivity contribution in [3.8, 4) is 0 Å². The average molecular weight is 676 g/mol. The standard InChI is InChI=1S/C24H30N3O.Ac.2ClH/c28-24(7-4-19-8-13-25-14-9-19)22-6-5-20-10-15-27(16-11-21(20)17-22)18-23-3-1-2-12-26-23;;;/h1-3,5-6,12,17,19H,4,7-11,13-16,18H2;;2*1H/q-1;;;. The van der Waals surface area contributed by atoms with Gasteiger partial charge in [0.15, 0.2) is 5.78 Å². The molecule has 4 nitrogen and oxygen atoms in total. The van der Waals surface area contributed by atoms with E-state index in [9.17, 15) is 4.79 Å². The van der Waals surface area contributed by atoms with E-state index in [-0.39, 0.29) is 68.9 Å². The zero-order valence-electron chi connectivity index (χ0n) is 18.0. The van der Waals surface area contributed by atoms with Crippen molar-refractivity contribution in [1.29, 1.82) is 0 Å². The van der Waals surface area contributed by atoms with Gasteiger partial charge in [-0.15, -0.1) is 37.9 Å². The zero-order chi connectivity index (χ0) is 19.2. The van der Waals surface area contributed by atoms with Gasteiger partial charge in [-0.05, 0) is 54.5 Å². The second kappa shape index (κ2) is 15.0. The van der Waals surface area contributed by atoms with Crippen LogP contribution in [0.4, 0.5) is 0 Å². The fourth-order valence-corrected chi connectivity index (χ4v) is 4.40. The maximum atomic E-state index is 12.7. The van der Waals surface area contributed by atoms with Gasteiger partial charge >= 0.3 is 0 Å². The van der Waals surface area contributed by atoms with Crippen LogP contribution in [0.1, 0.15) is 52.9 Å². The average Bonchev–Trinajstić information content (AvgIpc) is 2.95. The third-order valence-corrected chi connectivity index (χ3v) is 6.21. The molecule has 1 aromatic carbocycles. The summed E-state index contributed by atoms with van der Waals surface area (Å²) in [5.41, 5.74) is 4.78. The third kappa shape index (κ3) is 8.69. The summed E-state index contributed by atoms with van der Waals surface area (Å²) in [6.07, 6.45) is 7.92. The second-order valence-corrected chi connectivity index (χ2v) is 8.16. The van der Waals surface area contributed by atoms with E-state index in [0.717, 1.165) is 76.1 Å². The van der Waals surface area contributed by atoms with Gasteiger partial charge in [-0.1, -0.05) is 31.0 Å². The van der Waals surface area contributed by atoms with E-state index in [1.54, 1.807) is 0 Å². The minimum Gasteiger partial charge on any atom is -0.662 e. The van der Waals surface area contributed by atoms with Crippen molar-refractivity contribution in [3.63, 3.8) is 0 Å². The Balaban J connectivity index is 0.00000160. The van der Waals surface area contributed by atoms with Crippen LogP contribution in [0.3, 0.4) is 0 Å². The Labute approximate surface area is 234 Å². The number of pyridine rings is 1. The molecular formula is C24H32AcCl2N3O-. The molecule has 0 spiro atoms. The molecule has 0 N–H and O–H groups in total. The Morgan fingerprint density at radius 2 is 1.77 bits per heavy atom. The molecule has 7 heteroatoms. The van der Waals surface area contributed by atoms with E-state index in [1.165, 1.54) is 11.1 Å². The fourth-order valence-electron chi connectivity index (χ4n) is 4.40. The van der Waals surface area contributed by atoms with Gasteiger partial charge in [-0.3, -0.25) is 14.7 Å². The normalized spacial score (nSPS) is 16.6. The topological polar surface area (TPSA) is 47.3 Å². The van der Waals surface area contributed by atoms with Crippen LogP contribution in [0, 0.1) is 50.0 Å². The van der Waals surface area contributed by atoms with E-state index in [0.29, 0.717) is 18.1 Å². The van der Waals surface area contributed by atoms with E-state index in [2.05, 4.69) is 39.5 Å². The molecule has 0 aliphatic carbocycles. The molecule has 1 fully saturated rings. The minimum atomic E-state index is 0. The van der Waals surface area contributed by atoms with Crippen molar-refractivity contribution in [3.05, 3.63) is 70.3 Å². The summed E-state index contributed by atoms with van der Waals surface area (Å²) in [6.45, 7) is 4.92. The van der Waals surface area contributed by atoms with Gasteiger partial charge in [0.1, 0.15) is 0 Å². The molecule has 2 aliphatic heterocycles. The summed E-state index contributed by atoms with van der Waals surface area (Å²) in [6, 6.07) is 12.5. The van der Waals surface area contributed by atoms with Crippen LogP contribution < -0.4 is 0 Å². The summed E-state index contributed by atoms with van der Waals surface area (Å²) in [5.74, 6) is 0.988. The molecule has 1 radical (unpaired) electrons. The van der Waals surface area contributed by atoms with E-state index in [4.69, 9.17) is 0 Å². The predicted molar refractivity (Wildman–Crippen MR) is 127 cm³/mol. The van der Waals surface area contributed by atoms with Gasteiger partial charge in [-0.2, -0.15) is 0 Å². The van der Waals surface area contributed by atoms with Crippen LogP contribution in [0.25, 0.3) is 5.32 Å². The van der Waals surface area contributed by atoms with Gasteiger partial charge in [0.25, 0.3) is 0 Å². The molecule has 3 heterocycles. The number of carbonyl (C=O) groups excluding carboxylic acids is 1. The van der Waals surface area contributed by atoms with Crippen molar-refractivity contribution >= 4 is 30.6 Å². The molecule has 167 valence electrons. The molecule has 2 aliphatic rings. The molecular weight excluding hydrogens is 644 g/mol. The van der Waals surface area contributed by atoms with E-state index in [1.807, 2.05) is 18.3 Å². The monoisotopic (exact) mass is 675 g/mol. The molecule has 0 atom stereocenters. The first-order valence-corrected chi connectivity index (χ1v) is 10.7. The first kappa shape index (κ1) is 29.0. The number of ketones is 1. The quantitative estimate of drug-likeness (QED) is 0.392. The molecule has 0 saturated carbocycles. The van der Waals surface area contributed by atoms with Crippen LogP contribution in [-0.2, 0) is 19.4 Å². The van der Waals surface area contributed by atoms with Crippen molar-refractivity contribution in [2.24, 2.45) is 5.92 Å². The molecule has 1 saturated heterocycles. The number of benzene rings is 1. The number of aromatic nitrogens is 1. The molecule has 0 bridgehead atoms. The molecule has 0 amide bonds. The first-order chi connectivity index (χ1) is 13.8. The molecule has 4 rings (SSSR count). The van der Waals surface area contributed by atoms with Crippen LogP contribution in [0.15, 0.2) is 42.6 Å². The van der Waals surface area contributed by atoms with E-state index < -0.39 is 0 Å². The van der Waals surface area contributed by atoms with Crippen LogP contribution >= 0.6 is 24.8 Å². The summed E-state index contributed by atoms with van der Waals surface area (Å²) in [5, 5.41) is 4.41. The summed E-state index contributed by atoms with van der Waals surface area (Å²) in [4.78, 5) is 19.6. The van der Waals surface area contributed by atoms with Gasteiger partial charge in [0.2, 0.25) is 0 Å². The largest absolute Gasteiger partial charge is 0.662 e. The number of hydrogen-bond acceptors (Lipinski definition) is 3. The number of rotatable bonds is 6. The maximum absolute atomic E-state index is 12.7. The van der Waals surface area contributed by atoms with Crippen molar-refractivity contribution < 1.29 is 48.9 Å². The van der Waals surface area contributed by atoms with Gasteiger partial charge in [0.05, 0.1) is 5.69 Å². The van der Waals surface area contributed by atoms with Crippen LogP contribution in [0.2, 0.25) is 0 Å². The van der Waals surface area contributed by atoms with E-state index >= 15 is 0 Å². The molecule has 2 aromatic rings. The number of hydrogen-bond donors (Lipinski definition) is 0. The Morgan fingerprint density at radius 1 is 1.03 bits per heavy atom. The van der Waals surface area contributed by atoms with Crippen molar-refractivity contribution in [2.45, 2.75) is 45.1 Å². The number of Topliss-reactive ketones (excluding diaryl/α,β-unsaturated/α-hetero) is 1. The Hall–Kier alpha value is -0.0184. The Morgan fingerprint density at radius 3 is 2.48 bits per heavy atom. The number of halogens is 2. The van der Waals surface area contributed by atoms with Gasteiger partial charge in [-0.25, -0.2) is 0 Å². The predicted octanol–water partition coefficient (Wildman–Crippen LogP) is 5.27.